The van der Waals surface area contributed by atoms with Crippen molar-refractivity contribution in [2.75, 3.05) is 32.8 Å². The molecule has 1 saturated heterocycles. The third-order valence-corrected chi connectivity index (χ3v) is 5.21. The molecule has 1 N–H and O–H groups in total. The van der Waals surface area contributed by atoms with Gasteiger partial charge in [0.2, 0.25) is 0 Å². The maximum atomic E-state index is 12.9. The molecule has 6 heteroatoms. The number of morpholine rings is 1. The minimum absolute atomic E-state index is 0.0275. The number of furan rings is 1. The summed E-state index contributed by atoms with van der Waals surface area (Å²) in [5, 5.41) is 3.05. The lowest BCUT2D eigenvalue weighted by Gasteiger charge is -2.34. The summed E-state index contributed by atoms with van der Waals surface area (Å²) in [5.74, 6) is 1.38. The van der Waals surface area contributed by atoms with Crippen molar-refractivity contribution in [3.05, 3.63) is 53.5 Å². The van der Waals surface area contributed by atoms with Crippen molar-refractivity contribution in [1.29, 1.82) is 0 Å². The number of nitrogens with zero attached hydrogens (tertiary/aromatic N) is 1. The first kappa shape index (κ1) is 20.4. The van der Waals surface area contributed by atoms with Crippen LogP contribution in [0.1, 0.15) is 36.8 Å². The van der Waals surface area contributed by atoms with Gasteiger partial charge in [0.15, 0.2) is 5.60 Å². The van der Waals surface area contributed by atoms with E-state index in [0.29, 0.717) is 25.5 Å². The Morgan fingerprint density at radius 1 is 1.21 bits per heavy atom. The van der Waals surface area contributed by atoms with Gasteiger partial charge in [-0.2, -0.15) is 0 Å². The smallest absolute Gasteiger partial charge is 0.263 e. The number of hydrogen-bond donors (Lipinski definition) is 1. The highest BCUT2D eigenvalue weighted by molar-refractivity contribution is 5.84. The summed E-state index contributed by atoms with van der Waals surface area (Å²) < 4.78 is 17.1. The molecule has 6 nitrogen and oxygen atoms in total. The molecule has 1 unspecified atom stereocenters. The Balaban J connectivity index is 1.64. The fourth-order valence-corrected chi connectivity index (χ4v) is 3.30. The molecule has 152 valence electrons. The Kier molecular flexibility index (Phi) is 6.42. The van der Waals surface area contributed by atoms with Gasteiger partial charge in [0, 0.05) is 19.6 Å². The molecule has 1 aromatic heterocycles. The molecule has 1 atom stereocenters. The van der Waals surface area contributed by atoms with Crippen molar-refractivity contribution >= 4 is 5.91 Å². The lowest BCUT2D eigenvalue weighted by molar-refractivity contribution is -0.134. The summed E-state index contributed by atoms with van der Waals surface area (Å²) in [7, 11) is 0. The number of amides is 1. The molecule has 0 radical (unpaired) electrons. The Labute approximate surface area is 166 Å². The molecule has 2 heterocycles. The molecule has 28 heavy (non-hydrogen) atoms. The highest BCUT2D eigenvalue weighted by Crippen LogP contribution is 2.24. The Morgan fingerprint density at radius 3 is 2.61 bits per heavy atom. The molecule has 0 bridgehead atoms. The maximum Gasteiger partial charge on any atom is 0.263 e. The number of carbonyl (C=O) groups excluding carboxylic acids is 1. The number of nitrogens with one attached hydrogen (secondary N) is 1. The van der Waals surface area contributed by atoms with E-state index in [0.717, 1.165) is 24.4 Å². The van der Waals surface area contributed by atoms with Crippen molar-refractivity contribution in [3.63, 3.8) is 0 Å². The van der Waals surface area contributed by atoms with E-state index in [-0.39, 0.29) is 11.9 Å². The van der Waals surface area contributed by atoms with Gasteiger partial charge in [0.25, 0.3) is 5.91 Å². The number of benzene rings is 1. The van der Waals surface area contributed by atoms with Crippen LogP contribution in [0.15, 0.2) is 41.0 Å². The second-order valence-electron chi connectivity index (χ2n) is 7.75. The van der Waals surface area contributed by atoms with Crippen molar-refractivity contribution in [2.45, 2.75) is 39.3 Å². The molecule has 2 aromatic rings. The van der Waals surface area contributed by atoms with Crippen LogP contribution in [0.4, 0.5) is 0 Å². The number of rotatable bonds is 7. The van der Waals surface area contributed by atoms with E-state index in [1.165, 1.54) is 5.56 Å². The monoisotopic (exact) mass is 386 g/mol. The molecule has 1 fully saturated rings. The Bertz CT molecular complexity index is 780. The average Bonchev–Trinajstić information content (AvgIpc) is 3.20. The molecular formula is C22H30N2O4. The third-order valence-electron chi connectivity index (χ3n) is 5.21. The summed E-state index contributed by atoms with van der Waals surface area (Å²) >= 11 is 0. The van der Waals surface area contributed by atoms with Crippen LogP contribution < -0.4 is 10.1 Å². The van der Waals surface area contributed by atoms with Crippen molar-refractivity contribution in [3.8, 4) is 5.75 Å². The molecule has 1 aliphatic heterocycles. The molecule has 1 aliphatic rings. The second-order valence-corrected chi connectivity index (χ2v) is 7.75. The van der Waals surface area contributed by atoms with Gasteiger partial charge in [-0.1, -0.05) is 6.07 Å². The molecular weight excluding hydrogens is 356 g/mol. The zero-order chi connectivity index (χ0) is 20.1. The first-order valence-electron chi connectivity index (χ1n) is 9.76. The van der Waals surface area contributed by atoms with Gasteiger partial charge in [-0.3, -0.25) is 9.69 Å². The van der Waals surface area contributed by atoms with Crippen LogP contribution in [0.3, 0.4) is 0 Å². The van der Waals surface area contributed by atoms with Crippen molar-refractivity contribution in [1.82, 2.24) is 10.2 Å². The summed E-state index contributed by atoms with van der Waals surface area (Å²) in [6.07, 6.45) is 1.66. The van der Waals surface area contributed by atoms with Gasteiger partial charge >= 0.3 is 0 Å². The summed E-state index contributed by atoms with van der Waals surface area (Å²) in [4.78, 5) is 15.1. The highest BCUT2D eigenvalue weighted by atomic mass is 16.5. The molecule has 0 saturated carbocycles. The first-order chi connectivity index (χ1) is 13.4. The topological polar surface area (TPSA) is 63.9 Å². The zero-order valence-corrected chi connectivity index (χ0v) is 17.2. The van der Waals surface area contributed by atoms with Crippen LogP contribution in [0, 0.1) is 13.8 Å². The largest absolute Gasteiger partial charge is 0.478 e. The average molecular weight is 386 g/mol. The fraction of sp³-hybridized carbons (Fsp3) is 0.500. The minimum atomic E-state index is -0.986. The van der Waals surface area contributed by atoms with E-state index >= 15 is 0 Å². The van der Waals surface area contributed by atoms with Gasteiger partial charge in [-0.15, -0.1) is 0 Å². The number of hydrogen-bond acceptors (Lipinski definition) is 5. The van der Waals surface area contributed by atoms with Crippen LogP contribution >= 0.6 is 0 Å². The summed E-state index contributed by atoms with van der Waals surface area (Å²) in [6.45, 7) is 11.1. The third kappa shape index (κ3) is 4.94. The predicted octanol–water partition coefficient (Wildman–Crippen LogP) is 3.24. The standard InChI is InChI=1S/C22H30N2O4/c1-16-7-8-18(14-17(16)2)28-22(3,4)21(25)23-15-19(20-6-5-11-27-20)24-9-12-26-13-10-24/h5-8,11,14,19H,9-10,12-13,15H2,1-4H3,(H,23,25). The molecule has 0 aliphatic carbocycles. The first-order valence-corrected chi connectivity index (χ1v) is 9.76. The van der Waals surface area contributed by atoms with E-state index in [4.69, 9.17) is 13.9 Å². The van der Waals surface area contributed by atoms with E-state index < -0.39 is 5.60 Å². The SMILES string of the molecule is Cc1ccc(OC(C)(C)C(=O)NCC(c2ccco2)N2CCOCC2)cc1C. The summed E-state index contributed by atoms with van der Waals surface area (Å²) in [5.41, 5.74) is 1.35. The normalized spacial score (nSPS) is 16.6. The van der Waals surface area contributed by atoms with E-state index in [2.05, 4.69) is 17.1 Å². The second kappa shape index (κ2) is 8.80. The quantitative estimate of drug-likeness (QED) is 0.791. The van der Waals surface area contributed by atoms with Crippen LogP contribution in [0.2, 0.25) is 0 Å². The molecule has 1 amide bonds. The highest BCUT2D eigenvalue weighted by Gasteiger charge is 2.32. The van der Waals surface area contributed by atoms with Crippen molar-refractivity contribution in [2.24, 2.45) is 0 Å². The zero-order valence-electron chi connectivity index (χ0n) is 17.2. The molecule has 0 spiro atoms. The van der Waals surface area contributed by atoms with Gasteiger partial charge in [-0.05, 0) is 63.1 Å². The van der Waals surface area contributed by atoms with Crippen LogP contribution in [0.25, 0.3) is 0 Å². The Hall–Kier alpha value is -2.31. The van der Waals surface area contributed by atoms with Gasteiger partial charge in [0.1, 0.15) is 11.5 Å². The van der Waals surface area contributed by atoms with Gasteiger partial charge < -0.3 is 19.2 Å². The lowest BCUT2D eigenvalue weighted by Crippen LogP contribution is -2.50. The minimum Gasteiger partial charge on any atom is -0.478 e. The van der Waals surface area contributed by atoms with E-state index in [1.54, 1.807) is 20.1 Å². The molecule has 1 aromatic carbocycles. The fourth-order valence-electron chi connectivity index (χ4n) is 3.30. The van der Waals surface area contributed by atoms with Gasteiger partial charge in [-0.25, -0.2) is 0 Å². The molecule has 3 rings (SSSR count). The number of carbonyl (C=O) groups is 1. The van der Waals surface area contributed by atoms with E-state index in [9.17, 15) is 4.79 Å². The predicted molar refractivity (Wildman–Crippen MR) is 107 cm³/mol. The van der Waals surface area contributed by atoms with Crippen molar-refractivity contribution < 1.29 is 18.7 Å². The summed E-state index contributed by atoms with van der Waals surface area (Å²) in [6, 6.07) is 9.66. The van der Waals surface area contributed by atoms with Crippen LogP contribution in [0.5, 0.6) is 5.75 Å². The lowest BCUT2D eigenvalue weighted by atomic mass is 10.1. The van der Waals surface area contributed by atoms with Crippen LogP contribution in [-0.4, -0.2) is 49.3 Å². The maximum absolute atomic E-state index is 12.9. The number of aryl methyl sites for hydroxylation is 2. The van der Waals surface area contributed by atoms with E-state index in [1.807, 2.05) is 37.3 Å². The van der Waals surface area contributed by atoms with Gasteiger partial charge in [0.05, 0.1) is 25.5 Å². The van der Waals surface area contributed by atoms with Crippen LogP contribution in [-0.2, 0) is 9.53 Å². The number of ether oxygens (including phenoxy) is 2. The Morgan fingerprint density at radius 2 is 1.96 bits per heavy atom.